The number of hydrogen-bond acceptors (Lipinski definition) is 8. The molecule has 0 fully saturated rings. The van der Waals surface area contributed by atoms with Gasteiger partial charge in [0, 0.05) is 23.2 Å². The van der Waals surface area contributed by atoms with Crippen molar-refractivity contribution >= 4 is 31.0 Å². The van der Waals surface area contributed by atoms with Crippen molar-refractivity contribution in [3.63, 3.8) is 0 Å². The third-order valence-corrected chi connectivity index (χ3v) is 11.6. The van der Waals surface area contributed by atoms with Crippen LogP contribution in [0.15, 0.2) is 109 Å². The smallest absolute Gasteiger partial charge is 0.407 e. The highest BCUT2D eigenvalue weighted by Crippen LogP contribution is 2.53. The minimum Gasteiger partial charge on any atom is -0.457 e. The zero-order valence-electron chi connectivity index (χ0n) is 28.5. The summed E-state index contributed by atoms with van der Waals surface area (Å²) in [6, 6.07) is 32.8. The van der Waals surface area contributed by atoms with Crippen LogP contribution in [0.1, 0.15) is 65.0 Å². The SMILES string of the molecule is CC(C)CC(CP(=O)(OCC(=O)c1ccccc1)C(C)NC(=O)OCC1c2ccccc2-c2ccccc21)C(=O)OCC(=O)c1ccccc1. The first-order valence-electron chi connectivity index (χ1n) is 16.7. The molecule has 0 saturated heterocycles. The standard InChI is InChI=1S/C40H42NO8P/c1-27(2)22-31(39(44)47-24-37(42)29-14-6-4-7-15-29)26-50(46,49-25-38(43)30-16-8-5-9-17-30)28(3)41-40(45)48-23-36-34-20-12-10-18-32(34)33-19-11-13-21-35(33)36/h4-21,27-28,31,36H,22-26H2,1-3H3,(H,41,45). The molecule has 5 rings (SSSR count). The molecule has 4 aromatic rings. The minimum absolute atomic E-state index is 0.0119. The Balaban J connectivity index is 1.30. The van der Waals surface area contributed by atoms with Crippen LogP contribution in [0.5, 0.6) is 0 Å². The third-order valence-electron chi connectivity index (χ3n) is 8.78. The number of carbonyl (C=O) groups is 4. The van der Waals surface area contributed by atoms with Gasteiger partial charge in [-0.3, -0.25) is 18.9 Å². The summed E-state index contributed by atoms with van der Waals surface area (Å²) in [6.45, 7) is 4.33. The van der Waals surface area contributed by atoms with Crippen LogP contribution in [0.4, 0.5) is 4.79 Å². The topological polar surface area (TPSA) is 125 Å². The predicted molar refractivity (Wildman–Crippen MR) is 192 cm³/mol. The van der Waals surface area contributed by atoms with Crippen molar-refractivity contribution < 1.29 is 37.7 Å². The quantitative estimate of drug-likeness (QED) is 0.0708. The van der Waals surface area contributed by atoms with Gasteiger partial charge in [-0.15, -0.1) is 0 Å². The van der Waals surface area contributed by atoms with Gasteiger partial charge in [0.15, 0.2) is 18.2 Å². The number of ether oxygens (including phenoxy) is 2. The average Bonchev–Trinajstić information content (AvgIpc) is 3.45. The highest BCUT2D eigenvalue weighted by Gasteiger charge is 2.39. The Kier molecular flexibility index (Phi) is 12.2. The first kappa shape index (κ1) is 36.4. The van der Waals surface area contributed by atoms with Crippen LogP contribution in [0.3, 0.4) is 0 Å². The highest BCUT2D eigenvalue weighted by atomic mass is 31.2. The predicted octanol–water partition coefficient (Wildman–Crippen LogP) is 8.14. The summed E-state index contributed by atoms with van der Waals surface area (Å²) < 4.78 is 31.7. The summed E-state index contributed by atoms with van der Waals surface area (Å²) in [5, 5.41) is 2.66. The van der Waals surface area contributed by atoms with Crippen molar-refractivity contribution in [3.8, 4) is 11.1 Å². The van der Waals surface area contributed by atoms with Gasteiger partial charge in [-0.1, -0.05) is 123 Å². The van der Waals surface area contributed by atoms with Crippen LogP contribution in [0.2, 0.25) is 0 Å². The molecule has 1 N–H and O–H groups in total. The van der Waals surface area contributed by atoms with Crippen LogP contribution >= 0.6 is 7.37 Å². The van der Waals surface area contributed by atoms with Crippen molar-refractivity contribution in [1.82, 2.24) is 5.32 Å². The molecule has 4 aromatic carbocycles. The van der Waals surface area contributed by atoms with Crippen LogP contribution in [0, 0.1) is 11.8 Å². The molecular formula is C40H42NO8P. The second kappa shape index (κ2) is 16.7. The number of amides is 1. The fourth-order valence-electron chi connectivity index (χ4n) is 6.19. The van der Waals surface area contributed by atoms with Crippen molar-refractivity contribution in [2.24, 2.45) is 11.8 Å². The molecule has 0 saturated carbocycles. The fraction of sp³-hybridized carbons (Fsp3) is 0.300. The van der Waals surface area contributed by atoms with Gasteiger partial charge in [-0.25, -0.2) is 4.79 Å². The van der Waals surface area contributed by atoms with Crippen LogP contribution < -0.4 is 5.32 Å². The number of hydrogen-bond donors (Lipinski definition) is 1. The van der Waals surface area contributed by atoms with E-state index in [1.807, 2.05) is 62.4 Å². The zero-order valence-corrected chi connectivity index (χ0v) is 29.3. The number of fused-ring (bicyclic) bond motifs is 3. The Morgan fingerprint density at radius 3 is 1.72 bits per heavy atom. The molecule has 0 spiro atoms. The molecule has 0 radical (unpaired) electrons. The molecule has 3 unspecified atom stereocenters. The molecule has 260 valence electrons. The van der Waals surface area contributed by atoms with Gasteiger partial charge in [0.05, 0.1) is 5.92 Å². The maximum atomic E-state index is 14.7. The normalized spacial score (nSPS) is 14.5. The number of rotatable bonds is 16. The summed E-state index contributed by atoms with van der Waals surface area (Å²) in [5.41, 5.74) is 5.02. The monoisotopic (exact) mass is 695 g/mol. The maximum absolute atomic E-state index is 14.7. The number of benzene rings is 4. The van der Waals surface area contributed by atoms with Crippen LogP contribution in [0.25, 0.3) is 11.1 Å². The molecule has 1 aliphatic rings. The molecule has 1 aliphatic carbocycles. The Hall–Kier alpha value is -4.85. The second-order valence-electron chi connectivity index (χ2n) is 12.8. The van der Waals surface area contributed by atoms with E-state index >= 15 is 0 Å². The van der Waals surface area contributed by atoms with E-state index in [4.69, 9.17) is 14.0 Å². The van der Waals surface area contributed by atoms with Crippen LogP contribution in [-0.2, 0) is 23.4 Å². The lowest BCUT2D eigenvalue weighted by molar-refractivity contribution is -0.147. The minimum atomic E-state index is -3.98. The van der Waals surface area contributed by atoms with E-state index < -0.39 is 50.1 Å². The molecular weight excluding hydrogens is 653 g/mol. The highest BCUT2D eigenvalue weighted by molar-refractivity contribution is 7.59. The first-order chi connectivity index (χ1) is 24.1. The van der Waals surface area contributed by atoms with E-state index in [2.05, 4.69) is 5.32 Å². The lowest BCUT2D eigenvalue weighted by Crippen LogP contribution is -2.37. The van der Waals surface area contributed by atoms with E-state index in [9.17, 15) is 23.7 Å². The van der Waals surface area contributed by atoms with Crippen molar-refractivity contribution in [2.45, 2.75) is 38.9 Å². The zero-order chi connectivity index (χ0) is 35.7. The number of Topliss-reactive ketones (excluding diaryl/α,β-unsaturated/α-hetero) is 2. The van der Waals surface area contributed by atoms with Gasteiger partial charge in [-0.2, -0.15) is 0 Å². The van der Waals surface area contributed by atoms with Gasteiger partial charge in [-0.05, 0) is 41.5 Å². The summed E-state index contributed by atoms with van der Waals surface area (Å²) in [4.78, 5) is 52.3. The van der Waals surface area contributed by atoms with Crippen molar-refractivity contribution in [3.05, 3.63) is 131 Å². The summed E-state index contributed by atoms with van der Waals surface area (Å²) in [6.07, 6.45) is -0.860. The number of esters is 1. The molecule has 50 heavy (non-hydrogen) atoms. The van der Waals surface area contributed by atoms with Gasteiger partial charge in [0.1, 0.15) is 19.0 Å². The Morgan fingerprint density at radius 1 is 0.680 bits per heavy atom. The first-order valence-corrected chi connectivity index (χ1v) is 18.6. The van der Waals surface area contributed by atoms with Gasteiger partial charge in [0.2, 0.25) is 7.37 Å². The van der Waals surface area contributed by atoms with Crippen molar-refractivity contribution in [1.29, 1.82) is 0 Å². The molecule has 0 aromatic heterocycles. The van der Waals surface area contributed by atoms with Crippen LogP contribution in [-0.4, -0.2) is 55.4 Å². The fourth-order valence-corrected chi connectivity index (χ4v) is 8.39. The largest absolute Gasteiger partial charge is 0.457 e. The van der Waals surface area contributed by atoms with E-state index in [0.717, 1.165) is 22.3 Å². The summed E-state index contributed by atoms with van der Waals surface area (Å²) in [5.74, 6) is -3.76. The average molecular weight is 696 g/mol. The van der Waals surface area contributed by atoms with E-state index in [1.165, 1.54) is 6.92 Å². The van der Waals surface area contributed by atoms with Gasteiger partial charge < -0.3 is 19.3 Å². The Labute approximate surface area is 292 Å². The number of nitrogens with one attached hydrogen (secondary N) is 1. The lowest BCUT2D eigenvalue weighted by Gasteiger charge is -2.29. The molecule has 0 aliphatic heterocycles. The lowest BCUT2D eigenvalue weighted by atomic mass is 9.98. The molecule has 0 heterocycles. The molecule has 9 nitrogen and oxygen atoms in total. The van der Waals surface area contributed by atoms with Gasteiger partial charge in [0.25, 0.3) is 0 Å². The molecule has 0 bridgehead atoms. The van der Waals surface area contributed by atoms with Crippen molar-refractivity contribution in [2.75, 3.05) is 26.0 Å². The number of carbonyl (C=O) groups excluding carboxylic acids is 4. The molecule has 3 atom stereocenters. The van der Waals surface area contributed by atoms with Gasteiger partial charge >= 0.3 is 12.1 Å². The molecule has 10 heteroatoms. The Bertz CT molecular complexity index is 1810. The number of ketones is 2. The second-order valence-corrected chi connectivity index (χ2v) is 15.7. The third kappa shape index (κ3) is 9.03. The Morgan fingerprint density at radius 2 is 1.18 bits per heavy atom. The number of alkyl carbamates (subject to hydrolysis) is 1. The summed E-state index contributed by atoms with van der Waals surface area (Å²) >= 11 is 0. The summed E-state index contributed by atoms with van der Waals surface area (Å²) in [7, 11) is -3.98. The van der Waals surface area contributed by atoms with E-state index in [0.29, 0.717) is 11.1 Å². The maximum Gasteiger partial charge on any atom is 0.407 e. The van der Waals surface area contributed by atoms with E-state index in [1.54, 1.807) is 60.7 Å². The molecule has 1 amide bonds. The van der Waals surface area contributed by atoms with E-state index in [-0.39, 0.29) is 36.8 Å².